The van der Waals surface area contributed by atoms with Gasteiger partial charge in [0.25, 0.3) is 0 Å². The number of hydrogen-bond donors (Lipinski definition) is 3. The quantitative estimate of drug-likeness (QED) is 0.678. The number of hydrogen-bond acceptors (Lipinski definition) is 4. The number of carbonyl (C=O) groups excluding carboxylic acids is 1. The zero-order chi connectivity index (χ0) is 13.5. The molecule has 0 fully saturated rings. The molecule has 0 saturated carbocycles. The van der Waals surface area contributed by atoms with Gasteiger partial charge < -0.3 is 15.7 Å². The molecule has 0 aliphatic heterocycles. The highest BCUT2D eigenvalue weighted by molar-refractivity contribution is 7.11. The maximum Gasteiger partial charge on any atom is 0.326 e. The molecular formula is C11H15N3O3S. The molecule has 1 unspecified atom stereocenters. The van der Waals surface area contributed by atoms with Gasteiger partial charge in [0.1, 0.15) is 11.0 Å². The van der Waals surface area contributed by atoms with Crippen LogP contribution in [-0.2, 0) is 11.3 Å². The van der Waals surface area contributed by atoms with Crippen LogP contribution >= 0.6 is 11.3 Å². The van der Waals surface area contributed by atoms with Crippen LogP contribution in [0.15, 0.2) is 18.9 Å². The maximum atomic E-state index is 11.5. The van der Waals surface area contributed by atoms with Gasteiger partial charge in [-0.15, -0.1) is 17.9 Å². The van der Waals surface area contributed by atoms with E-state index < -0.39 is 18.0 Å². The molecule has 0 bridgehead atoms. The second-order valence-corrected chi connectivity index (χ2v) is 4.93. The number of thiazole rings is 1. The second-order valence-electron chi connectivity index (χ2n) is 3.61. The third-order valence-corrected chi connectivity index (χ3v) is 2.99. The Hall–Kier alpha value is -1.89. The Morgan fingerprint density at radius 1 is 1.67 bits per heavy atom. The molecule has 0 aliphatic rings. The van der Waals surface area contributed by atoms with Crippen molar-refractivity contribution < 1.29 is 14.7 Å². The van der Waals surface area contributed by atoms with E-state index in [1.54, 1.807) is 6.20 Å². The summed E-state index contributed by atoms with van der Waals surface area (Å²) < 4.78 is 0. The average molecular weight is 269 g/mol. The molecule has 0 aromatic carbocycles. The van der Waals surface area contributed by atoms with E-state index in [2.05, 4.69) is 22.2 Å². The largest absolute Gasteiger partial charge is 0.480 e. The fourth-order valence-electron chi connectivity index (χ4n) is 1.24. The van der Waals surface area contributed by atoms with Gasteiger partial charge in [-0.25, -0.2) is 14.6 Å². The summed E-state index contributed by atoms with van der Waals surface area (Å²) in [7, 11) is 0. The van der Waals surface area contributed by atoms with Crippen molar-refractivity contribution in [3.05, 3.63) is 28.7 Å². The number of aryl methyl sites for hydroxylation is 1. The monoisotopic (exact) mass is 269 g/mol. The highest BCUT2D eigenvalue weighted by Gasteiger charge is 2.17. The van der Waals surface area contributed by atoms with Gasteiger partial charge in [-0.3, -0.25) is 0 Å². The van der Waals surface area contributed by atoms with Crippen LogP contribution in [0.5, 0.6) is 0 Å². The smallest absolute Gasteiger partial charge is 0.326 e. The number of aliphatic carboxylic acids is 1. The summed E-state index contributed by atoms with van der Waals surface area (Å²) in [5.74, 6) is -1.09. The van der Waals surface area contributed by atoms with E-state index >= 15 is 0 Å². The van der Waals surface area contributed by atoms with Crippen molar-refractivity contribution in [3.63, 3.8) is 0 Å². The van der Waals surface area contributed by atoms with Crippen LogP contribution in [0.25, 0.3) is 0 Å². The predicted octanol–water partition coefficient (Wildman–Crippen LogP) is 1.28. The molecule has 98 valence electrons. The normalized spacial score (nSPS) is 11.6. The molecule has 6 nitrogen and oxygen atoms in total. The van der Waals surface area contributed by atoms with Crippen LogP contribution < -0.4 is 10.6 Å². The molecule has 3 N–H and O–H groups in total. The van der Waals surface area contributed by atoms with Gasteiger partial charge >= 0.3 is 12.0 Å². The highest BCUT2D eigenvalue weighted by Crippen LogP contribution is 2.10. The van der Waals surface area contributed by atoms with Gasteiger partial charge in [0, 0.05) is 11.1 Å². The molecule has 1 heterocycles. The summed E-state index contributed by atoms with van der Waals surface area (Å²) >= 11 is 1.48. The number of nitrogens with zero attached hydrogens (tertiary/aromatic N) is 1. The number of carbonyl (C=O) groups is 2. The van der Waals surface area contributed by atoms with Crippen molar-refractivity contribution in [1.29, 1.82) is 0 Å². The lowest BCUT2D eigenvalue weighted by Crippen LogP contribution is -2.45. The first-order valence-corrected chi connectivity index (χ1v) is 6.14. The Morgan fingerprint density at radius 3 is 2.89 bits per heavy atom. The van der Waals surface area contributed by atoms with Crippen LogP contribution in [0.4, 0.5) is 4.79 Å². The molecular weight excluding hydrogens is 254 g/mol. The van der Waals surface area contributed by atoms with Crippen molar-refractivity contribution in [2.75, 3.05) is 0 Å². The van der Waals surface area contributed by atoms with Crippen LogP contribution in [0.1, 0.15) is 16.3 Å². The van der Waals surface area contributed by atoms with Crippen molar-refractivity contribution in [2.45, 2.75) is 25.9 Å². The van der Waals surface area contributed by atoms with Gasteiger partial charge in [-0.05, 0) is 13.3 Å². The van der Waals surface area contributed by atoms with Crippen LogP contribution in [0.2, 0.25) is 0 Å². The van der Waals surface area contributed by atoms with Gasteiger partial charge in [0.05, 0.1) is 6.54 Å². The lowest BCUT2D eigenvalue weighted by atomic mass is 10.2. The van der Waals surface area contributed by atoms with Crippen molar-refractivity contribution in [3.8, 4) is 0 Å². The Kier molecular flexibility index (Phi) is 5.31. The molecule has 2 amide bonds. The Morgan fingerprint density at radius 2 is 2.39 bits per heavy atom. The molecule has 0 spiro atoms. The summed E-state index contributed by atoms with van der Waals surface area (Å²) in [6, 6.07) is -1.49. The van der Waals surface area contributed by atoms with E-state index in [1.165, 1.54) is 17.4 Å². The van der Waals surface area contributed by atoms with Gasteiger partial charge in [-0.2, -0.15) is 0 Å². The second kappa shape index (κ2) is 6.75. The van der Waals surface area contributed by atoms with E-state index in [1.807, 2.05) is 6.92 Å². The summed E-state index contributed by atoms with van der Waals surface area (Å²) in [5.41, 5.74) is 0. The molecule has 1 aromatic heterocycles. The first-order chi connectivity index (χ1) is 8.52. The summed E-state index contributed by atoms with van der Waals surface area (Å²) in [5, 5.41) is 14.5. The first kappa shape index (κ1) is 14.2. The van der Waals surface area contributed by atoms with E-state index in [-0.39, 0.29) is 13.0 Å². The Labute approximate surface area is 109 Å². The topological polar surface area (TPSA) is 91.3 Å². The van der Waals surface area contributed by atoms with Crippen LogP contribution in [0.3, 0.4) is 0 Å². The van der Waals surface area contributed by atoms with E-state index in [9.17, 15) is 9.59 Å². The van der Waals surface area contributed by atoms with Crippen molar-refractivity contribution >= 4 is 23.3 Å². The number of amides is 2. The number of nitrogens with one attached hydrogen (secondary N) is 2. The average Bonchev–Trinajstić information content (AvgIpc) is 2.72. The first-order valence-electron chi connectivity index (χ1n) is 5.32. The summed E-state index contributed by atoms with van der Waals surface area (Å²) in [4.78, 5) is 27.4. The standard InChI is InChI=1S/C11H15N3O3S/c1-3-4-8(10(15)16)14-11(17)13-6-9-12-5-7(2)18-9/h3,5,8H,1,4,6H2,2H3,(H,15,16)(H2,13,14,17). The molecule has 1 rings (SSSR count). The van der Waals surface area contributed by atoms with Crippen LogP contribution in [0, 0.1) is 6.92 Å². The van der Waals surface area contributed by atoms with E-state index in [4.69, 9.17) is 5.11 Å². The zero-order valence-corrected chi connectivity index (χ0v) is 10.8. The number of urea groups is 1. The number of rotatable bonds is 6. The summed E-state index contributed by atoms with van der Waals surface area (Å²) in [6.45, 7) is 5.65. The molecule has 0 radical (unpaired) electrons. The van der Waals surface area contributed by atoms with E-state index in [0.29, 0.717) is 0 Å². The number of aromatic nitrogens is 1. The molecule has 0 saturated heterocycles. The maximum absolute atomic E-state index is 11.5. The number of carboxylic acid groups (broad SMARTS) is 1. The summed E-state index contributed by atoms with van der Waals surface area (Å²) in [6.07, 6.45) is 3.35. The minimum Gasteiger partial charge on any atom is -0.480 e. The van der Waals surface area contributed by atoms with Crippen LogP contribution in [-0.4, -0.2) is 28.1 Å². The highest BCUT2D eigenvalue weighted by atomic mass is 32.1. The van der Waals surface area contributed by atoms with Crippen molar-refractivity contribution in [2.24, 2.45) is 0 Å². The molecule has 1 atom stereocenters. The minimum absolute atomic E-state index is 0.180. The molecule has 0 aliphatic carbocycles. The Balaban J connectivity index is 2.40. The van der Waals surface area contributed by atoms with Gasteiger partial charge in [-0.1, -0.05) is 6.08 Å². The van der Waals surface area contributed by atoms with Gasteiger partial charge in [0.15, 0.2) is 0 Å². The molecule has 1 aromatic rings. The lowest BCUT2D eigenvalue weighted by molar-refractivity contribution is -0.139. The fourth-order valence-corrected chi connectivity index (χ4v) is 1.96. The minimum atomic E-state index is -1.09. The Bertz CT molecular complexity index is 444. The fraction of sp³-hybridized carbons (Fsp3) is 0.364. The van der Waals surface area contributed by atoms with E-state index in [0.717, 1.165) is 9.88 Å². The molecule has 18 heavy (non-hydrogen) atoms. The lowest BCUT2D eigenvalue weighted by Gasteiger charge is -2.12. The SMILES string of the molecule is C=CCC(NC(=O)NCc1ncc(C)s1)C(=O)O. The van der Waals surface area contributed by atoms with Gasteiger partial charge in [0.2, 0.25) is 0 Å². The predicted molar refractivity (Wildman–Crippen MR) is 68.5 cm³/mol. The third-order valence-electron chi connectivity index (χ3n) is 2.08. The third kappa shape index (κ3) is 4.54. The number of carboxylic acids is 1. The zero-order valence-electron chi connectivity index (χ0n) is 9.97. The molecule has 7 heteroatoms. The van der Waals surface area contributed by atoms with Crippen molar-refractivity contribution in [1.82, 2.24) is 15.6 Å².